The smallest absolute Gasteiger partial charge is 0.395 e. The van der Waals surface area contributed by atoms with Crippen molar-refractivity contribution in [3.8, 4) is 0 Å². The summed E-state index contributed by atoms with van der Waals surface area (Å²) < 4.78 is 4.75. The Hall–Kier alpha value is -3.16. The fourth-order valence-electron chi connectivity index (χ4n) is 1.49. The molecular weight excluding hydrogens is 266 g/mol. The molecule has 1 aromatic heterocycles. The summed E-state index contributed by atoms with van der Waals surface area (Å²) >= 11 is 0. The molecule has 8 heteroatoms. The zero-order valence-electron chi connectivity index (χ0n) is 10.0. The van der Waals surface area contributed by atoms with Gasteiger partial charge in [0.05, 0.1) is 6.07 Å². The first-order valence-corrected chi connectivity index (χ1v) is 5.43. The van der Waals surface area contributed by atoms with Gasteiger partial charge in [-0.2, -0.15) is 0 Å². The second kappa shape index (κ2) is 5.22. The van der Waals surface area contributed by atoms with Crippen LogP contribution >= 0.6 is 0 Å². The molecule has 0 aliphatic heterocycles. The van der Waals surface area contributed by atoms with Gasteiger partial charge in [-0.25, -0.2) is 0 Å². The number of primary amides is 1. The number of furan rings is 1. The summed E-state index contributed by atoms with van der Waals surface area (Å²) in [4.78, 5) is 32.5. The van der Waals surface area contributed by atoms with E-state index in [4.69, 9.17) is 10.2 Å². The number of nitrogens with zero attached hydrogens (tertiary/aromatic N) is 1. The summed E-state index contributed by atoms with van der Waals surface area (Å²) in [6, 6.07) is 8.23. The molecule has 2 amide bonds. The lowest BCUT2D eigenvalue weighted by Gasteiger charge is -2.04. The van der Waals surface area contributed by atoms with Crippen LogP contribution in [0.15, 0.2) is 40.8 Å². The normalized spacial score (nSPS) is 10.0. The summed E-state index contributed by atoms with van der Waals surface area (Å²) in [7, 11) is 0. The van der Waals surface area contributed by atoms with Crippen LogP contribution in [0, 0.1) is 10.1 Å². The monoisotopic (exact) mass is 275 g/mol. The maximum Gasteiger partial charge on any atom is 0.433 e. The Morgan fingerprint density at radius 3 is 2.60 bits per heavy atom. The molecule has 1 aromatic carbocycles. The molecule has 0 fully saturated rings. The lowest BCUT2D eigenvalue weighted by molar-refractivity contribution is -0.402. The van der Waals surface area contributed by atoms with Gasteiger partial charge in [0.25, 0.3) is 5.91 Å². The van der Waals surface area contributed by atoms with E-state index in [1.165, 1.54) is 18.2 Å². The van der Waals surface area contributed by atoms with Crippen LogP contribution in [0.4, 0.5) is 11.6 Å². The molecule has 2 aromatic rings. The molecule has 0 spiro atoms. The highest BCUT2D eigenvalue weighted by molar-refractivity contribution is 6.03. The zero-order chi connectivity index (χ0) is 14.7. The predicted octanol–water partition coefficient (Wildman–Crippen LogP) is 1.54. The van der Waals surface area contributed by atoms with Crippen molar-refractivity contribution in [2.24, 2.45) is 5.73 Å². The second-order valence-electron chi connectivity index (χ2n) is 3.79. The average Bonchev–Trinajstić information content (AvgIpc) is 2.88. The highest BCUT2D eigenvalue weighted by Gasteiger charge is 2.17. The van der Waals surface area contributed by atoms with Crippen molar-refractivity contribution in [2.45, 2.75) is 0 Å². The number of hydrogen-bond acceptors (Lipinski definition) is 5. The van der Waals surface area contributed by atoms with Crippen molar-refractivity contribution >= 4 is 23.4 Å². The minimum Gasteiger partial charge on any atom is -0.395 e. The first-order chi connectivity index (χ1) is 9.47. The van der Waals surface area contributed by atoms with E-state index in [0.717, 1.165) is 6.07 Å². The fraction of sp³-hybridized carbons (Fsp3) is 0. The molecule has 102 valence electrons. The summed E-state index contributed by atoms with van der Waals surface area (Å²) in [5.41, 5.74) is 5.67. The molecule has 20 heavy (non-hydrogen) atoms. The standard InChI is InChI=1S/C12H9N3O5/c13-11(16)7-2-1-3-8(6-7)14-12(17)9-4-5-10(20-9)15(18)19/h1-6H,(H2,13,16)(H,14,17). The van der Waals surface area contributed by atoms with Gasteiger partial charge < -0.3 is 15.5 Å². The maximum atomic E-state index is 11.8. The first kappa shape index (κ1) is 13.3. The Labute approximate surface area is 112 Å². The van der Waals surface area contributed by atoms with Crippen molar-refractivity contribution in [3.05, 3.63) is 57.8 Å². The molecule has 0 aliphatic rings. The highest BCUT2D eigenvalue weighted by Crippen LogP contribution is 2.17. The van der Waals surface area contributed by atoms with Gasteiger partial charge in [0.1, 0.15) is 4.92 Å². The number of carbonyl (C=O) groups is 2. The Morgan fingerprint density at radius 2 is 2.00 bits per heavy atom. The molecule has 0 radical (unpaired) electrons. The molecule has 0 unspecified atom stereocenters. The molecular formula is C12H9N3O5. The molecule has 8 nitrogen and oxygen atoms in total. The average molecular weight is 275 g/mol. The molecule has 1 heterocycles. The third kappa shape index (κ3) is 2.80. The van der Waals surface area contributed by atoms with E-state index in [0.29, 0.717) is 5.69 Å². The number of hydrogen-bond donors (Lipinski definition) is 2. The van der Waals surface area contributed by atoms with E-state index in [2.05, 4.69) is 5.32 Å². The number of benzene rings is 1. The summed E-state index contributed by atoms with van der Waals surface area (Å²) in [5, 5.41) is 12.9. The molecule has 0 saturated heterocycles. The minimum atomic E-state index is -0.746. The van der Waals surface area contributed by atoms with Crippen molar-refractivity contribution in [3.63, 3.8) is 0 Å². The predicted molar refractivity (Wildman–Crippen MR) is 68.3 cm³/mol. The topological polar surface area (TPSA) is 128 Å². The lowest BCUT2D eigenvalue weighted by Crippen LogP contribution is -2.14. The van der Waals surface area contributed by atoms with E-state index in [1.54, 1.807) is 12.1 Å². The summed E-state index contributed by atoms with van der Waals surface area (Å²) in [6.07, 6.45) is 0. The number of anilines is 1. The van der Waals surface area contributed by atoms with Crippen molar-refractivity contribution in [1.82, 2.24) is 0 Å². The minimum absolute atomic E-state index is 0.207. The number of nitro groups is 1. The highest BCUT2D eigenvalue weighted by atomic mass is 16.6. The number of amides is 2. The molecule has 3 N–H and O–H groups in total. The molecule has 2 rings (SSSR count). The number of rotatable bonds is 4. The zero-order valence-corrected chi connectivity index (χ0v) is 10.0. The van der Waals surface area contributed by atoms with Gasteiger partial charge in [0, 0.05) is 11.3 Å². The Kier molecular flexibility index (Phi) is 3.47. The van der Waals surface area contributed by atoms with Gasteiger partial charge in [0.15, 0.2) is 5.76 Å². The van der Waals surface area contributed by atoms with E-state index in [9.17, 15) is 19.7 Å². The quantitative estimate of drug-likeness (QED) is 0.645. The van der Waals surface area contributed by atoms with Crippen LogP contribution in [0.2, 0.25) is 0 Å². The van der Waals surface area contributed by atoms with Crippen molar-refractivity contribution < 1.29 is 18.9 Å². The SMILES string of the molecule is NC(=O)c1cccc(NC(=O)c2ccc([N+](=O)[O-])o2)c1. The molecule has 0 aliphatic carbocycles. The van der Waals surface area contributed by atoms with E-state index in [-0.39, 0.29) is 11.3 Å². The molecule has 0 atom stereocenters. The lowest BCUT2D eigenvalue weighted by atomic mass is 10.2. The Bertz CT molecular complexity index is 692. The number of nitrogens with two attached hydrogens (primary N) is 1. The van der Waals surface area contributed by atoms with E-state index < -0.39 is 22.6 Å². The maximum absolute atomic E-state index is 11.8. The van der Waals surface area contributed by atoms with Gasteiger partial charge in [0.2, 0.25) is 5.91 Å². The largest absolute Gasteiger partial charge is 0.433 e. The van der Waals surface area contributed by atoms with Crippen LogP contribution in [-0.2, 0) is 0 Å². The Balaban J connectivity index is 2.16. The van der Waals surface area contributed by atoms with Gasteiger partial charge in [-0.3, -0.25) is 19.7 Å². The number of nitrogens with one attached hydrogen (secondary N) is 1. The van der Waals surface area contributed by atoms with Crippen LogP contribution < -0.4 is 11.1 Å². The van der Waals surface area contributed by atoms with Crippen LogP contribution in [0.3, 0.4) is 0 Å². The van der Waals surface area contributed by atoms with Gasteiger partial charge in [-0.1, -0.05) is 6.07 Å². The van der Waals surface area contributed by atoms with Gasteiger partial charge >= 0.3 is 5.88 Å². The van der Waals surface area contributed by atoms with Gasteiger partial charge in [-0.05, 0) is 24.3 Å². The second-order valence-corrected chi connectivity index (χ2v) is 3.79. The third-order valence-electron chi connectivity index (χ3n) is 2.40. The molecule has 0 bridgehead atoms. The van der Waals surface area contributed by atoms with Crippen LogP contribution in [0.5, 0.6) is 0 Å². The van der Waals surface area contributed by atoms with Gasteiger partial charge in [-0.15, -0.1) is 0 Å². The Morgan fingerprint density at radius 1 is 1.25 bits per heavy atom. The van der Waals surface area contributed by atoms with Crippen molar-refractivity contribution in [1.29, 1.82) is 0 Å². The van der Waals surface area contributed by atoms with Crippen LogP contribution in [-0.4, -0.2) is 16.7 Å². The summed E-state index contributed by atoms with van der Waals surface area (Å²) in [5.74, 6) is -2.03. The van der Waals surface area contributed by atoms with E-state index in [1.807, 2.05) is 0 Å². The number of carbonyl (C=O) groups excluding carboxylic acids is 2. The summed E-state index contributed by atoms with van der Waals surface area (Å²) in [6.45, 7) is 0. The molecule has 0 saturated carbocycles. The van der Waals surface area contributed by atoms with Crippen molar-refractivity contribution in [2.75, 3.05) is 5.32 Å². The van der Waals surface area contributed by atoms with Crippen LogP contribution in [0.1, 0.15) is 20.9 Å². The van der Waals surface area contributed by atoms with E-state index >= 15 is 0 Å². The van der Waals surface area contributed by atoms with Crippen LogP contribution in [0.25, 0.3) is 0 Å². The first-order valence-electron chi connectivity index (χ1n) is 5.43. The third-order valence-corrected chi connectivity index (χ3v) is 2.40. The fourth-order valence-corrected chi connectivity index (χ4v) is 1.49.